The minimum absolute atomic E-state index is 0.0759. The van der Waals surface area contributed by atoms with Crippen molar-refractivity contribution in [2.75, 3.05) is 13.2 Å². The second-order valence-corrected chi connectivity index (χ2v) is 4.35. The minimum atomic E-state index is -0.956. The zero-order valence-electron chi connectivity index (χ0n) is 10.4. The van der Waals surface area contributed by atoms with Gasteiger partial charge in [-0.2, -0.15) is 0 Å². The molecule has 5 nitrogen and oxygen atoms in total. The first kappa shape index (κ1) is 15.3. The molecule has 16 heavy (non-hydrogen) atoms. The first-order valence-electron chi connectivity index (χ1n) is 5.75. The fraction of sp³-hybridized carbons (Fsp3) is 0.909. The molecule has 0 saturated carbocycles. The Morgan fingerprint density at radius 3 is 2.19 bits per heavy atom. The van der Waals surface area contributed by atoms with Gasteiger partial charge in [-0.15, -0.1) is 0 Å². The van der Waals surface area contributed by atoms with Gasteiger partial charge in [0.15, 0.2) is 0 Å². The van der Waals surface area contributed by atoms with Crippen molar-refractivity contribution in [3.05, 3.63) is 0 Å². The third kappa shape index (κ3) is 3.73. The van der Waals surface area contributed by atoms with Gasteiger partial charge in [-0.1, -0.05) is 27.2 Å². The van der Waals surface area contributed by atoms with Crippen LogP contribution >= 0.6 is 0 Å². The van der Waals surface area contributed by atoms with Gasteiger partial charge in [0.1, 0.15) is 0 Å². The van der Waals surface area contributed by atoms with E-state index in [9.17, 15) is 15.0 Å². The number of hydrogen-bond donors (Lipinski definition) is 4. The first-order valence-corrected chi connectivity index (χ1v) is 5.75. The van der Waals surface area contributed by atoms with Crippen molar-refractivity contribution in [3.63, 3.8) is 0 Å². The third-order valence-electron chi connectivity index (χ3n) is 3.23. The van der Waals surface area contributed by atoms with Gasteiger partial charge >= 0.3 is 0 Å². The molecule has 5 N–H and O–H groups in total. The standard InChI is InChI=1S/C11H24N2O3/c1-4-8(3)9(12)10(16)13-11(5-2,6-14)7-15/h8-9,14-15H,4-7,12H2,1-3H3,(H,13,16). The SMILES string of the molecule is CCC(C)C(N)C(=O)NC(CC)(CO)CO. The van der Waals surface area contributed by atoms with Crippen LogP contribution < -0.4 is 11.1 Å². The Morgan fingerprint density at radius 2 is 1.88 bits per heavy atom. The van der Waals surface area contributed by atoms with E-state index in [1.165, 1.54) is 0 Å². The van der Waals surface area contributed by atoms with Gasteiger partial charge in [0.2, 0.25) is 5.91 Å². The summed E-state index contributed by atoms with van der Waals surface area (Å²) in [6.07, 6.45) is 1.27. The fourth-order valence-electron chi connectivity index (χ4n) is 1.30. The van der Waals surface area contributed by atoms with Crippen LogP contribution in [0.1, 0.15) is 33.6 Å². The molecule has 0 aromatic heterocycles. The van der Waals surface area contributed by atoms with Crippen LogP contribution in [0.15, 0.2) is 0 Å². The van der Waals surface area contributed by atoms with Crippen LogP contribution in [-0.4, -0.2) is 40.9 Å². The Labute approximate surface area is 97.0 Å². The summed E-state index contributed by atoms with van der Waals surface area (Å²) < 4.78 is 0. The summed E-state index contributed by atoms with van der Waals surface area (Å²) in [7, 11) is 0. The van der Waals surface area contributed by atoms with Crippen molar-refractivity contribution in [3.8, 4) is 0 Å². The Morgan fingerprint density at radius 1 is 1.38 bits per heavy atom. The van der Waals surface area contributed by atoms with E-state index in [-0.39, 0.29) is 25.0 Å². The molecule has 0 aliphatic carbocycles. The first-order chi connectivity index (χ1) is 7.46. The molecular weight excluding hydrogens is 208 g/mol. The normalized spacial score (nSPS) is 15.6. The van der Waals surface area contributed by atoms with Crippen molar-refractivity contribution in [1.82, 2.24) is 5.32 Å². The number of carbonyl (C=O) groups is 1. The molecule has 0 heterocycles. The fourth-order valence-corrected chi connectivity index (χ4v) is 1.30. The summed E-state index contributed by atoms with van der Waals surface area (Å²) in [5.74, 6) is -0.244. The smallest absolute Gasteiger partial charge is 0.237 e. The molecule has 0 aromatic carbocycles. The second-order valence-electron chi connectivity index (χ2n) is 4.35. The Hall–Kier alpha value is -0.650. The van der Waals surface area contributed by atoms with Crippen LogP contribution in [0.3, 0.4) is 0 Å². The van der Waals surface area contributed by atoms with E-state index in [1.54, 1.807) is 6.92 Å². The van der Waals surface area contributed by atoms with Gasteiger partial charge in [0, 0.05) is 0 Å². The van der Waals surface area contributed by atoms with E-state index < -0.39 is 11.6 Å². The van der Waals surface area contributed by atoms with E-state index >= 15 is 0 Å². The van der Waals surface area contributed by atoms with E-state index in [2.05, 4.69) is 5.32 Å². The predicted molar refractivity (Wildman–Crippen MR) is 62.8 cm³/mol. The van der Waals surface area contributed by atoms with Gasteiger partial charge in [0.05, 0.1) is 24.8 Å². The van der Waals surface area contributed by atoms with E-state index in [4.69, 9.17) is 5.73 Å². The summed E-state index contributed by atoms with van der Waals surface area (Å²) in [5.41, 5.74) is 4.81. The van der Waals surface area contributed by atoms with Crippen LogP contribution in [0.2, 0.25) is 0 Å². The summed E-state index contributed by atoms with van der Waals surface area (Å²) >= 11 is 0. The summed E-state index contributed by atoms with van der Waals surface area (Å²) in [5, 5.41) is 21.0. The minimum Gasteiger partial charge on any atom is -0.394 e. The van der Waals surface area contributed by atoms with Gasteiger partial charge in [-0.25, -0.2) is 0 Å². The molecule has 0 bridgehead atoms. The highest BCUT2D eigenvalue weighted by atomic mass is 16.3. The number of hydrogen-bond acceptors (Lipinski definition) is 4. The van der Waals surface area contributed by atoms with Crippen LogP contribution in [0.5, 0.6) is 0 Å². The summed E-state index contributed by atoms with van der Waals surface area (Å²) in [6.45, 7) is 5.07. The average Bonchev–Trinajstić information content (AvgIpc) is 2.33. The molecule has 0 aliphatic heterocycles. The zero-order chi connectivity index (χ0) is 12.8. The van der Waals surface area contributed by atoms with Crippen LogP contribution in [0.4, 0.5) is 0 Å². The molecule has 0 aliphatic rings. The topological polar surface area (TPSA) is 95.6 Å². The van der Waals surface area contributed by atoms with Crippen molar-refractivity contribution in [2.24, 2.45) is 11.7 Å². The van der Waals surface area contributed by atoms with E-state index in [0.29, 0.717) is 6.42 Å². The highest BCUT2D eigenvalue weighted by Crippen LogP contribution is 2.11. The molecule has 0 rings (SSSR count). The van der Waals surface area contributed by atoms with Gasteiger partial charge < -0.3 is 21.3 Å². The molecule has 1 amide bonds. The monoisotopic (exact) mass is 232 g/mol. The molecule has 2 unspecified atom stereocenters. The van der Waals surface area contributed by atoms with Gasteiger partial charge in [-0.3, -0.25) is 4.79 Å². The molecular formula is C11H24N2O3. The number of nitrogens with two attached hydrogens (primary N) is 1. The molecule has 0 saturated heterocycles. The number of nitrogens with one attached hydrogen (secondary N) is 1. The lowest BCUT2D eigenvalue weighted by molar-refractivity contribution is -0.126. The maximum atomic E-state index is 11.8. The Bertz CT molecular complexity index is 209. The lowest BCUT2D eigenvalue weighted by Gasteiger charge is -2.31. The maximum absolute atomic E-state index is 11.8. The zero-order valence-corrected chi connectivity index (χ0v) is 10.4. The number of aliphatic hydroxyl groups is 2. The Balaban J connectivity index is 4.52. The number of amides is 1. The molecule has 2 atom stereocenters. The van der Waals surface area contributed by atoms with Crippen molar-refractivity contribution in [2.45, 2.75) is 45.2 Å². The molecule has 0 fully saturated rings. The molecule has 0 aromatic rings. The lowest BCUT2D eigenvalue weighted by atomic mass is 9.95. The van der Waals surface area contributed by atoms with Crippen molar-refractivity contribution >= 4 is 5.91 Å². The van der Waals surface area contributed by atoms with Crippen molar-refractivity contribution < 1.29 is 15.0 Å². The Kier molecular flexibility index (Phi) is 6.55. The van der Waals surface area contributed by atoms with E-state index in [0.717, 1.165) is 6.42 Å². The maximum Gasteiger partial charge on any atom is 0.237 e. The van der Waals surface area contributed by atoms with E-state index in [1.807, 2.05) is 13.8 Å². The quantitative estimate of drug-likeness (QED) is 0.481. The largest absolute Gasteiger partial charge is 0.394 e. The predicted octanol–water partition coefficient (Wildman–Crippen LogP) is -0.391. The van der Waals surface area contributed by atoms with Crippen LogP contribution in [0.25, 0.3) is 0 Å². The van der Waals surface area contributed by atoms with Gasteiger partial charge in [0.25, 0.3) is 0 Å². The molecule has 96 valence electrons. The highest BCUT2D eigenvalue weighted by molar-refractivity contribution is 5.82. The molecule has 5 heteroatoms. The second kappa shape index (κ2) is 6.83. The summed E-state index contributed by atoms with van der Waals surface area (Å²) in [6, 6.07) is -0.603. The number of rotatable bonds is 7. The van der Waals surface area contributed by atoms with Gasteiger partial charge in [-0.05, 0) is 12.3 Å². The summed E-state index contributed by atoms with van der Waals surface area (Å²) in [4.78, 5) is 11.8. The molecule has 0 spiro atoms. The number of carbonyl (C=O) groups excluding carboxylic acids is 1. The highest BCUT2D eigenvalue weighted by Gasteiger charge is 2.31. The lowest BCUT2D eigenvalue weighted by Crippen LogP contribution is -2.58. The van der Waals surface area contributed by atoms with Crippen LogP contribution in [0, 0.1) is 5.92 Å². The van der Waals surface area contributed by atoms with Crippen LogP contribution in [-0.2, 0) is 4.79 Å². The number of aliphatic hydroxyl groups excluding tert-OH is 2. The molecule has 0 radical (unpaired) electrons. The van der Waals surface area contributed by atoms with Crippen molar-refractivity contribution in [1.29, 1.82) is 0 Å². The average molecular weight is 232 g/mol. The third-order valence-corrected chi connectivity index (χ3v) is 3.23.